The normalized spacial score (nSPS) is 15.4. The molecule has 0 fully saturated rings. The number of furan rings is 1. The van der Waals surface area contributed by atoms with E-state index >= 15 is 0 Å². The van der Waals surface area contributed by atoms with E-state index in [4.69, 9.17) is 14.4 Å². The van der Waals surface area contributed by atoms with Gasteiger partial charge in [0.2, 0.25) is 0 Å². The zero-order valence-corrected chi connectivity index (χ0v) is 31.3. The number of hydrogen-bond acceptors (Lipinski definition) is 3. The number of amidine groups is 1. The summed E-state index contributed by atoms with van der Waals surface area (Å²) in [5.41, 5.74) is 15.2. The second-order valence-electron chi connectivity index (χ2n) is 15.0. The predicted molar refractivity (Wildman–Crippen MR) is 236 cm³/mol. The Hall–Kier alpha value is -7.30. The van der Waals surface area contributed by atoms with Crippen molar-refractivity contribution in [3.8, 4) is 27.9 Å². The van der Waals surface area contributed by atoms with Crippen molar-refractivity contribution in [2.45, 2.75) is 18.9 Å². The molecule has 0 N–H and O–H groups in total. The zero-order valence-electron chi connectivity index (χ0n) is 31.3. The van der Waals surface area contributed by atoms with Crippen molar-refractivity contribution in [3.63, 3.8) is 0 Å². The maximum atomic E-state index is 6.77. The van der Waals surface area contributed by atoms with Gasteiger partial charge in [0.1, 0.15) is 11.3 Å². The Labute approximate surface area is 331 Å². The molecule has 0 saturated heterocycles. The molecular weight excluding hydrogens is 695 g/mol. The van der Waals surface area contributed by atoms with Gasteiger partial charge in [0, 0.05) is 51.9 Å². The average Bonchev–Trinajstić information content (AvgIpc) is 3.91. The highest BCUT2D eigenvalue weighted by atomic mass is 16.3. The van der Waals surface area contributed by atoms with Crippen molar-refractivity contribution in [2.24, 2.45) is 9.98 Å². The topological polar surface area (TPSA) is 42.8 Å². The SMILES string of the molecule is C=C1CC(c2ccccc2)=NC(C2=CCc3oc4cc(-n5c6cc(-c7ccccc7)ccc6c6ccc(-c7ccccc7)cc65)ccc4c32)=NC1c1ccccc1. The molecule has 1 atom stereocenters. The first kappa shape index (κ1) is 33.1. The van der Waals surface area contributed by atoms with Crippen LogP contribution in [0.25, 0.3) is 66.3 Å². The van der Waals surface area contributed by atoms with Gasteiger partial charge in [-0.25, -0.2) is 4.99 Å². The number of hydrogen-bond donors (Lipinski definition) is 0. The monoisotopic (exact) mass is 731 g/mol. The third-order valence-corrected chi connectivity index (χ3v) is 11.5. The van der Waals surface area contributed by atoms with Gasteiger partial charge in [-0.05, 0) is 63.2 Å². The molecule has 0 bridgehead atoms. The lowest BCUT2D eigenvalue weighted by molar-refractivity contribution is 0.567. The number of nitrogens with zero attached hydrogens (tertiary/aromatic N) is 3. The van der Waals surface area contributed by atoms with Crippen molar-refractivity contribution in [3.05, 3.63) is 217 Å². The molecule has 4 heteroatoms. The fourth-order valence-electron chi connectivity index (χ4n) is 8.73. The summed E-state index contributed by atoms with van der Waals surface area (Å²) in [6, 6.07) is 62.2. The van der Waals surface area contributed by atoms with Crippen LogP contribution in [0.5, 0.6) is 0 Å². The highest BCUT2D eigenvalue weighted by molar-refractivity contribution is 6.30. The second kappa shape index (κ2) is 13.5. The summed E-state index contributed by atoms with van der Waals surface area (Å²) in [4.78, 5) is 10.7. The maximum Gasteiger partial charge on any atom is 0.156 e. The summed E-state index contributed by atoms with van der Waals surface area (Å²) in [6.07, 6.45) is 3.55. The first-order valence-electron chi connectivity index (χ1n) is 19.6. The molecule has 270 valence electrons. The van der Waals surface area contributed by atoms with Gasteiger partial charge in [-0.15, -0.1) is 0 Å². The fourth-order valence-corrected chi connectivity index (χ4v) is 8.73. The van der Waals surface area contributed by atoms with Crippen molar-refractivity contribution in [2.75, 3.05) is 0 Å². The van der Waals surface area contributed by atoms with Crippen molar-refractivity contribution in [1.29, 1.82) is 0 Å². The van der Waals surface area contributed by atoms with E-state index < -0.39 is 0 Å². The highest BCUT2D eigenvalue weighted by Crippen LogP contribution is 2.43. The maximum absolute atomic E-state index is 6.77. The van der Waals surface area contributed by atoms with Crippen LogP contribution in [-0.2, 0) is 6.42 Å². The largest absolute Gasteiger partial charge is 0.460 e. The lowest BCUT2D eigenvalue weighted by Crippen LogP contribution is -2.05. The van der Waals surface area contributed by atoms with Crippen LogP contribution in [0.15, 0.2) is 209 Å². The van der Waals surface area contributed by atoms with Crippen LogP contribution < -0.4 is 0 Å². The van der Waals surface area contributed by atoms with Gasteiger partial charge >= 0.3 is 0 Å². The minimum absolute atomic E-state index is 0.210. The van der Waals surface area contributed by atoms with Crippen LogP contribution in [0, 0.1) is 0 Å². The molecule has 0 saturated carbocycles. The molecule has 2 aromatic heterocycles. The first-order chi connectivity index (χ1) is 28.2. The summed E-state index contributed by atoms with van der Waals surface area (Å²) in [5.74, 6) is 1.66. The van der Waals surface area contributed by atoms with Crippen LogP contribution in [0.1, 0.15) is 34.9 Å². The summed E-state index contributed by atoms with van der Waals surface area (Å²) in [7, 11) is 0. The van der Waals surface area contributed by atoms with E-state index in [9.17, 15) is 0 Å². The number of fused-ring (bicyclic) bond motifs is 6. The number of aromatic nitrogens is 1. The number of aliphatic imine (C=N–C) groups is 2. The molecule has 4 nitrogen and oxygen atoms in total. The van der Waals surface area contributed by atoms with E-state index in [1.165, 1.54) is 33.0 Å². The van der Waals surface area contributed by atoms with Crippen molar-refractivity contribution in [1.82, 2.24) is 4.57 Å². The summed E-state index contributed by atoms with van der Waals surface area (Å²) in [5, 5.41) is 3.49. The number of rotatable bonds is 6. The average molecular weight is 732 g/mol. The molecule has 1 aliphatic heterocycles. The Bertz CT molecular complexity index is 3020. The summed E-state index contributed by atoms with van der Waals surface area (Å²) >= 11 is 0. The van der Waals surface area contributed by atoms with Gasteiger partial charge in [0.25, 0.3) is 0 Å². The Kier molecular flexibility index (Phi) is 7.82. The molecule has 11 rings (SSSR count). The van der Waals surface area contributed by atoms with Crippen LogP contribution >= 0.6 is 0 Å². The first-order valence-corrected chi connectivity index (χ1v) is 19.6. The van der Waals surface area contributed by atoms with Crippen LogP contribution in [0.3, 0.4) is 0 Å². The van der Waals surface area contributed by atoms with Gasteiger partial charge in [0.15, 0.2) is 5.84 Å². The minimum Gasteiger partial charge on any atom is -0.460 e. The predicted octanol–water partition coefficient (Wildman–Crippen LogP) is 13.4. The van der Waals surface area contributed by atoms with Gasteiger partial charge in [-0.3, -0.25) is 4.99 Å². The van der Waals surface area contributed by atoms with E-state index in [0.29, 0.717) is 12.8 Å². The molecule has 0 spiro atoms. The third kappa shape index (κ3) is 5.68. The molecule has 1 aliphatic carbocycles. The lowest BCUT2D eigenvalue weighted by Gasteiger charge is -2.15. The molecule has 0 radical (unpaired) electrons. The van der Waals surface area contributed by atoms with Crippen LogP contribution in [0.4, 0.5) is 0 Å². The van der Waals surface area contributed by atoms with Gasteiger partial charge in [0.05, 0.1) is 22.8 Å². The van der Waals surface area contributed by atoms with Gasteiger partial charge < -0.3 is 8.98 Å². The quantitative estimate of drug-likeness (QED) is 0.157. The molecule has 3 heterocycles. The Morgan fingerprint density at radius 1 is 0.561 bits per heavy atom. The molecule has 2 aliphatic rings. The van der Waals surface area contributed by atoms with Crippen LogP contribution in [-0.4, -0.2) is 16.1 Å². The second-order valence-corrected chi connectivity index (χ2v) is 15.0. The van der Waals surface area contributed by atoms with Crippen molar-refractivity contribution >= 4 is 49.9 Å². The molecule has 7 aromatic carbocycles. The van der Waals surface area contributed by atoms with Gasteiger partial charge in [-0.1, -0.05) is 158 Å². The minimum atomic E-state index is -0.210. The summed E-state index contributed by atoms with van der Waals surface area (Å²) < 4.78 is 9.17. The van der Waals surface area contributed by atoms with E-state index in [1.54, 1.807) is 0 Å². The van der Waals surface area contributed by atoms with E-state index in [1.807, 2.05) is 12.1 Å². The zero-order chi connectivity index (χ0) is 37.9. The highest BCUT2D eigenvalue weighted by Gasteiger charge is 2.30. The number of allylic oxidation sites excluding steroid dienone is 1. The van der Waals surface area contributed by atoms with Gasteiger partial charge in [-0.2, -0.15) is 0 Å². The van der Waals surface area contributed by atoms with E-state index in [-0.39, 0.29) is 6.04 Å². The standard InChI is InChI=1S/C53H37N3O/c1-34-30-46(37-18-10-4-11-19-37)54-53(55-52(34)38-20-12-5-13-21-38)45-28-29-49-51(45)44-27-24-41(33-50(44)57-49)56-47-31-39(35-14-6-2-7-15-35)22-25-42(47)43-26-23-40(32-48(43)56)36-16-8-3-9-17-36/h2-28,31-33,52H,1,29-30H2. The Morgan fingerprint density at radius 2 is 1.12 bits per heavy atom. The van der Waals surface area contributed by atoms with E-state index in [2.05, 4.69) is 181 Å². The fraction of sp³-hybridized carbons (Fsp3) is 0.0566. The lowest BCUT2D eigenvalue weighted by atomic mass is 9.94. The molecule has 0 amide bonds. The number of benzene rings is 7. The van der Waals surface area contributed by atoms with E-state index in [0.717, 1.165) is 72.8 Å². The molecular formula is C53H37N3O. The molecule has 1 unspecified atom stereocenters. The Balaban J connectivity index is 1.07. The summed E-state index contributed by atoms with van der Waals surface area (Å²) in [6.45, 7) is 4.55. The molecule has 57 heavy (non-hydrogen) atoms. The van der Waals surface area contributed by atoms with Crippen LogP contribution in [0.2, 0.25) is 0 Å². The third-order valence-electron chi connectivity index (χ3n) is 11.5. The van der Waals surface area contributed by atoms with Crippen molar-refractivity contribution < 1.29 is 4.42 Å². The Morgan fingerprint density at radius 3 is 1.74 bits per heavy atom. The smallest absolute Gasteiger partial charge is 0.156 e. The molecule has 9 aromatic rings.